The average molecular weight is 248 g/mol. The molecule has 2 nitrogen and oxygen atoms in total. The van der Waals surface area contributed by atoms with Crippen molar-refractivity contribution in [3.05, 3.63) is 29.8 Å². The van der Waals surface area contributed by atoms with E-state index in [4.69, 9.17) is 5.73 Å². The van der Waals surface area contributed by atoms with Crippen LogP contribution in [-0.2, 0) is 0 Å². The van der Waals surface area contributed by atoms with Crippen LogP contribution in [0.4, 0.5) is 5.69 Å². The summed E-state index contributed by atoms with van der Waals surface area (Å²) in [7, 11) is 0. The third-order valence-corrected chi connectivity index (χ3v) is 3.36. The maximum atomic E-state index is 6.08. The molecule has 1 aromatic rings. The van der Waals surface area contributed by atoms with E-state index in [9.17, 15) is 0 Å². The number of rotatable bonds is 7. The van der Waals surface area contributed by atoms with Gasteiger partial charge in [0.1, 0.15) is 0 Å². The average Bonchev–Trinajstić information content (AvgIpc) is 2.34. The minimum absolute atomic E-state index is 0.0913. The fraction of sp³-hybridized carbons (Fsp3) is 0.625. The summed E-state index contributed by atoms with van der Waals surface area (Å²) in [5.74, 6) is 0. The Kier molecular flexibility index (Phi) is 6.20. The molecule has 0 amide bonds. The van der Waals surface area contributed by atoms with Gasteiger partial charge in [0.2, 0.25) is 0 Å². The quantitative estimate of drug-likeness (QED) is 0.736. The standard InChI is InChI=1S/C16H28N2/c1-5-6-9-12-18(13(2)3)16-11-8-7-10-15(16)14(4)17/h7-8,10-11,13-14H,5-6,9,12,17H2,1-4H3/t14-/m1/s1. The number of benzene rings is 1. The molecule has 1 atom stereocenters. The van der Waals surface area contributed by atoms with Gasteiger partial charge in [-0.05, 0) is 38.8 Å². The lowest BCUT2D eigenvalue weighted by molar-refractivity contribution is 0.621. The second-order valence-corrected chi connectivity index (χ2v) is 5.34. The predicted molar refractivity (Wildman–Crippen MR) is 81.1 cm³/mol. The molecule has 102 valence electrons. The molecule has 0 spiro atoms. The predicted octanol–water partition coefficient (Wildman–Crippen LogP) is 4.11. The van der Waals surface area contributed by atoms with E-state index < -0.39 is 0 Å². The zero-order valence-electron chi connectivity index (χ0n) is 12.3. The van der Waals surface area contributed by atoms with E-state index in [1.807, 2.05) is 0 Å². The molecule has 0 saturated carbocycles. The molecule has 0 unspecified atom stereocenters. The Morgan fingerprint density at radius 1 is 1.11 bits per heavy atom. The summed E-state index contributed by atoms with van der Waals surface area (Å²) >= 11 is 0. The van der Waals surface area contributed by atoms with Crippen LogP contribution < -0.4 is 10.6 Å². The largest absolute Gasteiger partial charge is 0.369 e. The topological polar surface area (TPSA) is 29.3 Å². The first-order valence-corrected chi connectivity index (χ1v) is 7.19. The lowest BCUT2D eigenvalue weighted by Crippen LogP contribution is -2.33. The van der Waals surface area contributed by atoms with Crippen LogP contribution in [0, 0.1) is 0 Å². The molecule has 2 heteroatoms. The molecule has 1 rings (SSSR count). The second-order valence-electron chi connectivity index (χ2n) is 5.34. The molecule has 0 bridgehead atoms. The number of nitrogens with zero attached hydrogens (tertiary/aromatic N) is 1. The molecular formula is C16H28N2. The van der Waals surface area contributed by atoms with Gasteiger partial charge in [-0.25, -0.2) is 0 Å². The summed E-state index contributed by atoms with van der Waals surface area (Å²) in [6.07, 6.45) is 3.81. The molecule has 0 aliphatic carbocycles. The lowest BCUT2D eigenvalue weighted by atomic mass is 10.0. The van der Waals surface area contributed by atoms with Crippen LogP contribution in [0.2, 0.25) is 0 Å². The van der Waals surface area contributed by atoms with Gasteiger partial charge in [0, 0.05) is 24.3 Å². The highest BCUT2D eigenvalue weighted by molar-refractivity contribution is 5.55. The molecule has 0 fully saturated rings. The molecule has 0 radical (unpaired) electrons. The van der Waals surface area contributed by atoms with E-state index in [0.717, 1.165) is 6.54 Å². The van der Waals surface area contributed by atoms with E-state index in [2.05, 4.69) is 56.9 Å². The smallest absolute Gasteiger partial charge is 0.0416 e. The monoisotopic (exact) mass is 248 g/mol. The van der Waals surface area contributed by atoms with Gasteiger partial charge in [0.15, 0.2) is 0 Å². The van der Waals surface area contributed by atoms with Crippen LogP contribution in [0.3, 0.4) is 0 Å². The van der Waals surface area contributed by atoms with Gasteiger partial charge in [-0.15, -0.1) is 0 Å². The molecule has 2 N–H and O–H groups in total. The van der Waals surface area contributed by atoms with E-state index >= 15 is 0 Å². The van der Waals surface area contributed by atoms with E-state index in [-0.39, 0.29) is 6.04 Å². The zero-order valence-corrected chi connectivity index (χ0v) is 12.3. The van der Waals surface area contributed by atoms with Crippen molar-refractivity contribution < 1.29 is 0 Å². The molecule has 0 aromatic heterocycles. The highest BCUT2D eigenvalue weighted by atomic mass is 15.2. The van der Waals surface area contributed by atoms with Crippen LogP contribution in [0.1, 0.15) is 58.6 Å². The SMILES string of the molecule is CCCCCN(c1ccccc1[C@@H](C)N)C(C)C. The maximum Gasteiger partial charge on any atom is 0.0416 e. The lowest BCUT2D eigenvalue weighted by Gasteiger charge is -2.32. The van der Waals surface area contributed by atoms with Gasteiger partial charge < -0.3 is 10.6 Å². The number of nitrogens with two attached hydrogens (primary N) is 1. The van der Waals surface area contributed by atoms with Gasteiger partial charge >= 0.3 is 0 Å². The van der Waals surface area contributed by atoms with Gasteiger partial charge in [-0.2, -0.15) is 0 Å². The van der Waals surface area contributed by atoms with E-state index in [1.165, 1.54) is 30.5 Å². The van der Waals surface area contributed by atoms with Crippen molar-refractivity contribution in [1.29, 1.82) is 0 Å². The van der Waals surface area contributed by atoms with Crippen molar-refractivity contribution in [3.8, 4) is 0 Å². The van der Waals surface area contributed by atoms with Crippen LogP contribution >= 0.6 is 0 Å². The minimum atomic E-state index is 0.0913. The van der Waals surface area contributed by atoms with Crippen molar-refractivity contribution >= 4 is 5.69 Å². The molecular weight excluding hydrogens is 220 g/mol. The summed E-state index contributed by atoms with van der Waals surface area (Å²) in [6, 6.07) is 9.14. The molecule has 1 aromatic carbocycles. The third-order valence-electron chi connectivity index (χ3n) is 3.36. The van der Waals surface area contributed by atoms with Crippen molar-refractivity contribution in [1.82, 2.24) is 0 Å². The fourth-order valence-electron chi connectivity index (χ4n) is 2.32. The zero-order chi connectivity index (χ0) is 13.5. The van der Waals surface area contributed by atoms with Gasteiger partial charge in [0.05, 0.1) is 0 Å². The summed E-state index contributed by atoms with van der Waals surface area (Å²) in [4.78, 5) is 2.48. The van der Waals surface area contributed by atoms with Crippen molar-refractivity contribution in [3.63, 3.8) is 0 Å². The number of hydrogen-bond acceptors (Lipinski definition) is 2. The summed E-state index contributed by atoms with van der Waals surface area (Å²) in [5, 5.41) is 0. The Morgan fingerprint density at radius 2 is 1.78 bits per heavy atom. The molecule has 0 heterocycles. The second kappa shape index (κ2) is 7.42. The van der Waals surface area contributed by atoms with Crippen molar-refractivity contribution in [2.24, 2.45) is 5.73 Å². The van der Waals surface area contributed by atoms with E-state index in [1.54, 1.807) is 0 Å². The summed E-state index contributed by atoms with van der Waals surface area (Å²) in [6.45, 7) is 9.93. The van der Waals surface area contributed by atoms with E-state index in [0.29, 0.717) is 6.04 Å². The molecule has 0 saturated heterocycles. The van der Waals surface area contributed by atoms with Gasteiger partial charge in [0.25, 0.3) is 0 Å². The number of hydrogen-bond donors (Lipinski definition) is 1. The third kappa shape index (κ3) is 4.02. The fourth-order valence-corrected chi connectivity index (χ4v) is 2.32. The first-order valence-electron chi connectivity index (χ1n) is 7.19. The molecule has 0 aliphatic heterocycles. The van der Waals surface area contributed by atoms with Crippen molar-refractivity contribution in [2.75, 3.05) is 11.4 Å². The summed E-state index contributed by atoms with van der Waals surface area (Å²) < 4.78 is 0. The van der Waals surface area contributed by atoms with Gasteiger partial charge in [-0.1, -0.05) is 38.0 Å². The van der Waals surface area contributed by atoms with Crippen molar-refractivity contribution in [2.45, 2.75) is 59.0 Å². The van der Waals surface area contributed by atoms with Gasteiger partial charge in [-0.3, -0.25) is 0 Å². The highest BCUT2D eigenvalue weighted by Gasteiger charge is 2.15. The maximum absolute atomic E-state index is 6.08. The normalized spacial score (nSPS) is 12.8. The van der Waals surface area contributed by atoms with Crippen LogP contribution in [0.25, 0.3) is 0 Å². The minimum Gasteiger partial charge on any atom is -0.369 e. The first kappa shape index (κ1) is 15.0. The molecule has 0 aliphatic rings. The van der Waals surface area contributed by atoms with Crippen LogP contribution in [-0.4, -0.2) is 12.6 Å². The Morgan fingerprint density at radius 3 is 2.33 bits per heavy atom. The highest BCUT2D eigenvalue weighted by Crippen LogP contribution is 2.27. The van der Waals surface area contributed by atoms with Crippen LogP contribution in [0.15, 0.2) is 24.3 Å². The Bertz CT molecular complexity index is 345. The number of anilines is 1. The number of para-hydroxylation sites is 1. The Labute approximate surface area is 112 Å². The molecule has 18 heavy (non-hydrogen) atoms. The number of unbranched alkanes of at least 4 members (excludes halogenated alkanes) is 2. The first-order chi connectivity index (χ1) is 8.57. The Balaban J connectivity index is 2.91. The summed E-state index contributed by atoms with van der Waals surface area (Å²) in [5.41, 5.74) is 8.64. The van der Waals surface area contributed by atoms with Crippen LogP contribution in [0.5, 0.6) is 0 Å². The Hall–Kier alpha value is -1.02.